The van der Waals surface area contributed by atoms with Gasteiger partial charge in [-0.2, -0.15) is 28.3 Å². The molecule has 17 heteroatoms. The Morgan fingerprint density at radius 2 is 1.95 bits per heavy atom. The lowest BCUT2D eigenvalue weighted by molar-refractivity contribution is -0.142. The molecule has 2 bridgehead atoms. The van der Waals surface area contributed by atoms with Gasteiger partial charge in [0.05, 0.1) is 22.5 Å². The minimum atomic E-state index is -4.74. The number of fused-ring (bicyclic) bond motifs is 3. The summed E-state index contributed by atoms with van der Waals surface area (Å²) in [5.41, 5.74) is -0.886. The summed E-state index contributed by atoms with van der Waals surface area (Å²) >= 11 is 0.439. The van der Waals surface area contributed by atoms with Crippen LogP contribution in [0.1, 0.15) is 62.9 Å². The molecule has 0 radical (unpaired) electrons. The Hall–Kier alpha value is -3.49. The van der Waals surface area contributed by atoms with E-state index in [2.05, 4.69) is 20.0 Å². The lowest BCUT2D eigenvalue weighted by Gasteiger charge is -2.35. The molecule has 2 aromatic heterocycles. The summed E-state index contributed by atoms with van der Waals surface area (Å²) in [6.07, 6.45) is -3.81. The summed E-state index contributed by atoms with van der Waals surface area (Å²) in [6, 6.07) is 3.75. The summed E-state index contributed by atoms with van der Waals surface area (Å²) in [6.45, 7) is 2.02. The summed E-state index contributed by atoms with van der Waals surface area (Å²) in [4.78, 5) is 14.4. The van der Waals surface area contributed by atoms with Gasteiger partial charge in [0, 0.05) is 22.9 Å². The first-order valence-corrected chi connectivity index (χ1v) is 16.1. The van der Waals surface area contributed by atoms with Crippen LogP contribution in [0.25, 0.3) is 27.2 Å². The van der Waals surface area contributed by atoms with Crippen LogP contribution in [0.4, 0.5) is 22.0 Å². The number of nitriles is 1. The van der Waals surface area contributed by atoms with Gasteiger partial charge >= 0.3 is 6.18 Å². The third kappa shape index (κ3) is 5.47. The fourth-order valence-corrected chi connectivity index (χ4v) is 8.03. The number of hydrogen-bond donors (Lipinski definition) is 1. The predicted octanol–water partition coefficient (Wildman–Crippen LogP) is 5.19. The minimum absolute atomic E-state index is 0.0548. The van der Waals surface area contributed by atoms with Crippen molar-refractivity contribution in [3.05, 3.63) is 28.8 Å². The summed E-state index contributed by atoms with van der Waals surface area (Å²) in [7, 11) is -4.38. The third-order valence-corrected chi connectivity index (χ3v) is 10.5. The fourth-order valence-electron chi connectivity index (χ4n) is 5.90. The molecule has 1 saturated heterocycles. The van der Waals surface area contributed by atoms with Crippen molar-refractivity contribution >= 4 is 43.7 Å². The zero-order valence-corrected chi connectivity index (χ0v) is 25.0. The molecule has 2 unspecified atom stereocenters. The maximum atomic E-state index is 13.8. The van der Waals surface area contributed by atoms with E-state index in [4.69, 9.17) is 0 Å². The second-order valence-corrected chi connectivity index (χ2v) is 14.3. The van der Waals surface area contributed by atoms with Gasteiger partial charge in [-0.1, -0.05) is 31.3 Å². The number of carbonyl (C=O) groups excluding carboxylic acids is 1. The Balaban J connectivity index is 1.59. The molecular formula is C27H26F5N7O3S2. The number of carbonyl (C=O) groups is 1. The van der Waals surface area contributed by atoms with E-state index in [1.165, 1.54) is 6.07 Å². The Morgan fingerprint density at radius 1 is 1.23 bits per heavy atom. The average molecular weight is 656 g/mol. The van der Waals surface area contributed by atoms with Crippen LogP contribution < -0.4 is 4.72 Å². The van der Waals surface area contributed by atoms with Crippen LogP contribution in [-0.2, 0) is 21.4 Å². The molecule has 44 heavy (non-hydrogen) atoms. The molecule has 234 valence electrons. The SMILES string of the molecule is CC(C)C(=O)N1C2C=C(c3cc(S(=O)(=O)NC4(C#N)CC4)cc4c(-c5nnc(C(F)F)s5)nn(CC(F)(F)F)c34)CC1CC2. The van der Waals surface area contributed by atoms with E-state index in [9.17, 15) is 40.4 Å². The average Bonchev–Trinajstić information content (AvgIpc) is 3.24. The molecule has 2 aliphatic heterocycles. The Labute approximate surface area is 252 Å². The van der Waals surface area contributed by atoms with Crippen molar-refractivity contribution in [2.75, 3.05) is 0 Å². The highest BCUT2D eigenvalue weighted by atomic mass is 32.2. The van der Waals surface area contributed by atoms with Crippen LogP contribution in [0.5, 0.6) is 0 Å². The first-order chi connectivity index (χ1) is 20.6. The summed E-state index contributed by atoms with van der Waals surface area (Å²) in [5.74, 6) is -0.324. The number of sulfonamides is 1. The fraction of sp³-hybridized carbons (Fsp3) is 0.519. The molecule has 2 atom stereocenters. The normalized spacial score (nSPS) is 21.3. The Bertz CT molecular complexity index is 1840. The van der Waals surface area contributed by atoms with Gasteiger partial charge in [-0.05, 0) is 49.8 Å². The molecule has 1 aliphatic carbocycles. The molecule has 3 aromatic rings. The number of hydrogen-bond acceptors (Lipinski definition) is 8. The van der Waals surface area contributed by atoms with Crippen LogP contribution in [0.2, 0.25) is 0 Å². The first-order valence-electron chi connectivity index (χ1n) is 13.8. The van der Waals surface area contributed by atoms with Crippen molar-refractivity contribution in [3.63, 3.8) is 0 Å². The van der Waals surface area contributed by atoms with Crippen LogP contribution >= 0.6 is 11.3 Å². The van der Waals surface area contributed by atoms with Crippen molar-refractivity contribution in [1.29, 1.82) is 5.26 Å². The smallest absolute Gasteiger partial charge is 0.333 e. The van der Waals surface area contributed by atoms with Gasteiger partial charge in [0.15, 0.2) is 10.0 Å². The van der Waals surface area contributed by atoms with E-state index < -0.39 is 39.7 Å². The molecule has 6 rings (SSSR count). The standard InChI is InChI=1S/C27H26F5N7O3S2/c1-13(2)25(40)39-15-3-4-16(39)8-14(7-15)18-9-17(44(41,42)37-26(11-33)5-6-26)10-19-20(23-34-35-24(43-23)22(28)29)36-38(21(18)19)12-27(30,31)32/h7,9-10,13,15-16,22,37H,3-6,8,12H2,1-2H3. The van der Waals surface area contributed by atoms with Gasteiger partial charge in [-0.3, -0.25) is 9.48 Å². The van der Waals surface area contributed by atoms with Crippen LogP contribution in [0, 0.1) is 17.2 Å². The number of benzene rings is 1. The Morgan fingerprint density at radius 3 is 2.52 bits per heavy atom. The first kappa shape index (κ1) is 30.5. The minimum Gasteiger partial charge on any atom is -0.333 e. The van der Waals surface area contributed by atoms with Crippen LogP contribution in [-0.4, -0.2) is 63.0 Å². The molecule has 1 N–H and O–H groups in total. The third-order valence-electron chi connectivity index (χ3n) is 8.07. The molecule has 3 aliphatic rings. The molecule has 10 nitrogen and oxygen atoms in total. The van der Waals surface area contributed by atoms with Crippen molar-refractivity contribution in [2.45, 2.75) is 87.6 Å². The molecule has 1 aromatic carbocycles. The zero-order valence-electron chi connectivity index (χ0n) is 23.4. The van der Waals surface area contributed by atoms with Crippen LogP contribution in [0.3, 0.4) is 0 Å². The van der Waals surface area contributed by atoms with Gasteiger partial charge in [0.1, 0.15) is 17.8 Å². The predicted molar refractivity (Wildman–Crippen MR) is 149 cm³/mol. The number of aromatic nitrogens is 4. The monoisotopic (exact) mass is 655 g/mol. The van der Waals surface area contributed by atoms with E-state index >= 15 is 0 Å². The number of nitrogens with one attached hydrogen (secondary N) is 1. The van der Waals surface area contributed by atoms with Gasteiger partial charge < -0.3 is 4.90 Å². The molecule has 1 amide bonds. The number of halogens is 5. The quantitative estimate of drug-likeness (QED) is 0.330. The number of alkyl halides is 5. The highest BCUT2D eigenvalue weighted by molar-refractivity contribution is 7.89. The van der Waals surface area contributed by atoms with Gasteiger partial charge in [-0.25, -0.2) is 17.2 Å². The molecular weight excluding hydrogens is 629 g/mol. The van der Waals surface area contributed by atoms with Gasteiger partial charge in [0.2, 0.25) is 15.9 Å². The van der Waals surface area contributed by atoms with E-state index in [1.54, 1.807) is 24.8 Å². The number of amides is 1. The number of nitrogens with zero attached hydrogens (tertiary/aromatic N) is 6. The maximum absolute atomic E-state index is 13.8. The molecule has 2 fully saturated rings. The molecule has 4 heterocycles. The van der Waals surface area contributed by atoms with E-state index in [0.29, 0.717) is 47.3 Å². The van der Waals surface area contributed by atoms with Gasteiger partial charge in [0.25, 0.3) is 6.43 Å². The van der Waals surface area contributed by atoms with Crippen molar-refractivity contribution in [3.8, 4) is 16.8 Å². The topological polar surface area (TPSA) is 134 Å². The summed E-state index contributed by atoms with van der Waals surface area (Å²) in [5, 5.41) is 19.9. The van der Waals surface area contributed by atoms with E-state index in [1.807, 2.05) is 6.07 Å². The highest BCUT2D eigenvalue weighted by Gasteiger charge is 2.47. The van der Waals surface area contributed by atoms with Crippen LogP contribution in [0.15, 0.2) is 23.1 Å². The number of rotatable bonds is 8. The molecule has 0 spiro atoms. The highest BCUT2D eigenvalue weighted by Crippen LogP contribution is 2.44. The van der Waals surface area contributed by atoms with Crippen molar-refractivity contribution in [1.82, 2.24) is 29.6 Å². The largest absolute Gasteiger partial charge is 0.408 e. The van der Waals surface area contributed by atoms with Crippen molar-refractivity contribution < 1.29 is 35.2 Å². The maximum Gasteiger partial charge on any atom is 0.408 e. The lowest BCUT2D eigenvalue weighted by atomic mass is 9.92. The van der Waals surface area contributed by atoms with Gasteiger partial charge in [-0.15, -0.1) is 10.2 Å². The molecule has 1 saturated carbocycles. The summed E-state index contributed by atoms with van der Waals surface area (Å²) < 4.78 is 98.5. The zero-order chi connectivity index (χ0) is 31.8. The van der Waals surface area contributed by atoms with Crippen molar-refractivity contribution in [2.24, 2.45) is 5.92 Å². The second-order valence-electron chi connectivity index (χ2n) is 11.6. The Kier molecular flexibility index (Phi) is 7.32. The van der Waals surface area contributed by atoms with E-state index in [0.717, 1.165) is 6.07 Å². The lowest BCUT2D eigenvalue weighted by Crippen LogP contribution is -2.44. The second kappa shape index (κ2) is 10.6. The van der Waals surface area contributed by atoms with E-state index in [-0.39, 0.29) is 62.4 Å².